The molecule has 6 rings (SSSR count). The normalized spacial score (nSPS) is 21.1. The first kappa shape index (κ1) is 24.7. The van der Waals surface area contributed by atoms with Crippen molar-refractivity contribution in [3.05, 3.63) is 60.4 Å². The SMILES string of the molecule is CN1CCN(C2CCC(n3nc(-c4ccc(OCc5ccncc5)c(F)c4)c4c(N)ncnc43)CC2)CC1. The maximum Gasteiger partial charge on any atom is 0.165 e. The first-order valence-electron chi connectivity index (χ1n) is 13.3. The molecule has 0 spiro atoms. The summed E-state index contributed by atoms with van der Waals surface area (Å²) in [6.45, 7) is 4.80. The highest BCUT2D eigenvalue weighted by molar-refractivity contribution is 5.98. The van der Waals surface area contributed by atoms with Gasteiger partial charge in [0.25, 0.3) is 0 Å². The van der Waals surface area contributed by atoms with Gasteiger partial charge in [0.05, 0.1) is 11.4 Å². The van der Waals surface area contributed by atoms with E-state index in [2.05, 4.69) is 31.8 Å². The van der Waals surface area contributed by atoms with E-state index >= 15 is 4.39 Å². The van der Waals surface area contributed by atoms with Crippen LogP contribution in [0.5, 0.6) is 5.75 Å². The molecule has 0 unspecified atom stereocenters. The Labute approximate surface area is 221 Å². The lowest BCUT2D eigenvalue weighted by atomic mass is 9.90. The van der Waals surface area contributed by atoms with Crippen molar-refractivity contribution < 1.29 is 9.13 Å². The molecule has 2 N–H and O–H groups in total. The average molecular weight is 517 g/mol. The second-order valence-corrected chi connectivity index (χ2v) is 10.3. The number of likely N-dealkylation sites (N-methyl/N-ethyl adjacent to an activating group) is 1. The quantitative estimate of drug-likeness (QED) is 0.412. The molecule has 2 fully saturated rings. The lowest BCUT2D eigenvalue weighted by molar-refractivity contribution is 0.0815. The molecule has 1 saturated carbocycles. The molecule has 1 saturated heterocycles. The summed E-state index contributed by atoms with van der Waals surface area (Å²) in [5.74, 6) is 0.0731. The third kappa shape index (κ3) is 4.93. The highest BCUT2D eigenvalue weighted by atomic mass is 19.1. The van der Waals surface area contributed by atoms with Gasteiger partial charge < -0.3 is 15.4 Å². The minimum Gasteiger partial charge on any atom is -0.486 e. The molecular weight excluding hydrogens is 483 g/mol. The van der Waals surface area contributed by atoms with Crippen molar-refractivity contribution in [2.24, 2.45) is 0 Å². The van der Waals surface area contributed by atoms with Crippen LogP contribution in [0.3, 0.4) is 0 Å². The molecule has 0 radical (unpaired) electrons. The molecule has 0 bridgehead atoms. The van der Waals surface area contributed by atoms with Gasteiger partial charge in [-0.25, -0.2) is 19.0 Å². The average Bonchev–Trinajstić information content (AvgIpc) is 3.34. The number of fused-ring (bicyclic) bond motifs is 1. The summed E-state index contributed by atoms with van der Waals surface area (Å²) in [4.78, 5) is 17.8. The molecule has 38 heavy (non-hydrogen) atoms. The van der Waals surface area contributed by atoms with Gasteiger partial charge in [0, 0.05) is 50.2 Å². The number of nitrogens with two attached hydrogens (primary N) is 1. The molecule has 1 aliphatic heterocycles. The van der Waals surface area contributed by atoms with Gasteiger partial charge in [0.2, 0.25) is 0 Å². The molecule has 4 heterocycles. The smallest absolute Gasteiger partial charge is 0.165 e. The molecule has 2 aliphatic rings. The molecular formula is C28H33FN8O. The van der Waals surface area contributed by atoms with E-state index < -0.39 is 5.82 Å². The highest BCUT2D eigenvalue weighted by Gasteiger charge is 2.30. The Bertz CT molecular complexity index is 1400. The maximum absolute atomic E-state index is 15.1. The summed E-state index contributed by atoms with van der Waals surface area (Å²) in [6, 6.07) is 9.42. The van der Waals surface area contributed by atoms with Crippen LogP contribution in [0.2, 0.25) is 0 Å². The van der Waals surface area contributed by atoms with Crippen LogP contribution in [0.25, 0.3) is 22.3 Å². The summed E-state index contributed by atoms with van der Waals surface area (Å²) in [7, 11) is 2.19. The Morgan fingerprint density at radius 2 is 1.71 bits per heavy atom. The first-order chi connectivity index (χ1) is 18.6. The number of ether oxygens (including phenoxy) is 1. The van der Waals surface area contributed by atoms with E-state index in [0.29, 0.717) is 34.2 Å². The number of anilines is 1. The van der Waals surface area contributed by atoms with Gasteiger partial charge in [-0.15, -0.1) is 0 Å². The fourth-order valence-electron chi connectivity index (χ4n) is 5.71. The fourth-order valence-corrected chi connectivity index (χ4v) is 5.71. The van der Waals surface area contributed by atoms with Gasteiger partial charge in [0.1, 0.15) is 24.4 Å². The molecule has 4 aromatic rings. The van der Waals surface area contributed by atoms with Crippen molar-refractivity contribution in [1.29, 1.82) is 0 Å². The van der Waals surface area contributed by atoms with E-state index in [0.717, 1.165) is 57.4 Å². The largest absolute Gasteiger partial charge is 0.486 e. The number of hydrogen-bond acceptors (Lipinski definition) is 8. The lowest BCUT2D eigenvalue weighted by Crippen LogP contribution is -2.49. The zero-order chi connectivity index (χ0) is 26.1. The third-order valence-electron chi connectivity index (χ3n) is 7.93. The summed E-state index contributed by atoms with van der Waals surface area (Å²) in [6.07, 6.45) is 9.15. The molecule has 3 aromatic heterocycles. The highest BCUT2D eigenvalue weighted by Crippen LogP contribution is 2.37. The maximum atomic E-state index is 15.1. The fraction of sp³-hybridized carbons (Fsp3) is 0.429. The van der Waals surface area contributed by atoms with Crippen LogP contribution in [0.4, 0.5) is 10.2 Å². The van der Waals surface area contributed by atoms with E-state index in [9.17, 15) is 0 Å². The summed E-state index contributed by atoms with van der Waals surface area (Å²) in [5, 5.41) is 5.62. The van der Waals surface area contributed by atoms with E-state index in [4.69, 9.17) is 15.6 Å². The topological polar surface area (TPSA) is 98.2 Å². The van der Waals surface area contributed by atoms with Gasteiger partial charge >= 0.3 is 0 Å². The summed E-state index contributed by atoms with van der Waals surface area (Å²) < 4.78 is 22.8. The van der Waals surface area contributed by atoms with Crippen molar-refractivity contribution in [3.63, 3.8) is 0 Å². The minimum atomic E-state index is -0.456. The van der Waals surface area contributed by atoms with Crippen LogP contribution >= 0.6 is 0 Å². The molecule has 10 heteroatoms. The van der Waals surface area contributed by atoms with Crippen LogP contribution in [0.1, 0.15) is 37.3 Å². The number of pyridine rings is 1. The van der Waals surface area contributed by atoms with E-state index in [1.54, 1.807) is 18.5 Å². The second kappa shape index (κ2) is 10.6. The Morgan fingerprint density at radius 1 is 0.974 bits per heavy atom. The Morgan fingerprint density at radius 3 is 2.45 bits per heavy atom. The van der Waals surface area contributed by atoms with Gasteiger partial charge in [-0.05, 0) is 68.6 Å². The lowest BCUT2D eigenvalue weighted by Gasteiger charge is -2.41. The van der Waals surface area contributed by atoms with Gasteiger partial charge in [-0.1, -0.05) is 0 Å². The van der Waals surface area contributed by atoms with E-state index in [-0.39, 0.29) is 18.4 Å². The monoisotopic (exact) mass is 516 g/mol. The van der Waals surface area contributed by atoms with Crippen LogP contribution < -0.4 is 10.5 Å². The Balaban J connectivity index is 1.23. The van der Waals surface area contributed by atoms with E-state index in [1.807, 2.05) is 22.9 Å². The van der Waals surface area contributed by atoms with Gasteiger partial charge in [0.15, 0.2) is 17.2 Å². The van der Waals surface area contributed by atoms with Crippen molar-refractivity contribution in [2.75, 3.05) is 39.0 Å². The standard InChI is InChI=1S/C28H33FN8O/c1-35-12-14-36(15-13-35)21-3-5-22(6-4-21)37-28-25(27(30)32-18-33-28)26(34-37)20-2-7-24(23(29)16-20)38-17-19-8-10-31-11-9-19/h2,7-11,16,18,21-22H,3-6,12-15,17H2,1H3,(H2,30,32,33). The van der Waals surface area contributed by atoms with Crippen LogP contribution in [0.15, 0.2) is 49.1 Å². The number of nitrogens with zero attached hydrogens (tertiary/aromatic N) is 7. The summed E-state index contributed by atoms with van der Waals surface area (Å²) in [5.41, 5.74) is 9.15. The van der Waals surface area contributed by atoms with Crippen LogP contribution in [-0.4, -0.2) is 73.8 Å². The molecule has 9 nitrogen and oxygen atoms in total. The molecule has 1 aromatic carbocycles. The third-order valence-corrected chi connectivity index (χ3v) is 7.93. The minimum absolute atomic E-state index is 0.181. The molecule has 198 valence electrons. The van der Waals surface area contributed by atoms with Crippen LogP contribution in [0, 0.1) is 5.82 Å². The molecule has 1 aliphatic carbocycles. The number of nitrogen functional groups attached to an aromatic ring is 1. The van der Waals surface area contributed by atoms with Gasteiger partial charge in [-0.2, -0.15) is 5.10 Å². The number of aromatic nitrogens is 5. The van der Waals surface area contributed by atoms with Crippen molar-refractivity contribution in [3.8, 4) is 17.0 Å². The van der Waals surface area contributed by atoms with E-state index in [1.165, 1.54) is 12.4 Å². The van der Waals surface area contributed by atoms with Crippen molar-refractivity contribution >= 4 is 16.9 Å². The number of benzene rings is 1. The predicted molar refractivity (Wildman–Crippen MR) is 144 cm³/mol. The predicted octanol–water partition coefficient (Wildman–Crippen LogP) is 3.92. The van der Waals surface area contributed by atoms with Crippen LogP contribution in [-0.2, 0) is 6.61 Å². The first-order valence-corrected chi connectivity index (χ1v) is 13.3. The summed E-state index contributed by atoms with van der Waals surface area (Å²) >= 11 is 0. The number of piperazine rings is 1. The Hall–Kier alpha value is -3.63. The van der Waals surface area contributed by atoms with Gasteiger partial charge in [-0.3, -0.25) is 9.88 Å². The van der Waals surface area contributed by atoms with Crippen molar-refractivity contribution in [2.45, 2.75) is 44.4 Å². The van der Waals surface area contributed by atoms with Crippen molar-refractivity contribution in [1.82, 2.24) is 34.5 Å². The number of halogens is 1. The zero-order valence-electron chi connectivity index (χ0n) is 21.6. The number of hydrogen-bond donors (Lipinski definition) is 1. The molecule has 0 amide bonds. The molecule has 0 atom stereocenters. The second-order valence-electron chi connectivity index (χ2n) is 10.3. The zero-order valence-corrected chi connectivity index (χ0v) is 21.6. The Kier molecular flexibility index (Phi) is 6.90. The number of rotatable bonds is 6.